The van der Waals surface area contributed by atoms with E-state index in [-0.39, 0.29) is 11.3 Å². The summed E-state index contributed by atoms with van der Waals surface area (Å²) in [5, 5.41) is 5.42. The van der Waals surface area contributed by atoms with Crippen molar-refractivity contribution >= 4 is 17.5 Å². The van der Waals surface area contributed by atoms with Crippen molar-refractivity contribution in [2.45, 2.75) is 64.5 Å². The lowest BCUT2D eigenvalue weighted by Gasteiger charge is -2.43. The zero-order valence-corrected chi connectivity index (χ0v) is 22.2. The van der Waals surface area contributed by atoms with Gasteiger partial charge in [0.1, 0.15) is 5.75 Å². The minimum Gasteiger partial charge on any atom is -0.493 e. The van der Waals surface area contributed by atoms with E-state index in [1.54, 1.807) is 0 Å². The van der Waals surface area contributed by atoms with Crippen molar-refractivity contribution in [2.75, 3.05) is 46.0 Å². The third-order valence-corrected chi connectivity index (χ3v) is 8.49. The first kappa shape index (κ1) is 25.6. The Morgan fingerprint density at radius 2 is 2.00 bits per heavy atom. The number of carbonyl (C=O) groups excluding carboxylic acids is 1. The van der Waals surface area contributed by atoms with Gasteiger partial charge in [0.05, 0.1) is 32.1 Å². The number of ether oxygens (including phenoxy) is 2. The molecular weight excluding hydrogens is 476 g/mol. The molecule has 3 fully saturated rings. The van der Waals surface area contributed by atoms with Gasteiger partial charge < -0.3 is 14.4 Å². The zero-order valence-electron chi connectivity index (χ0n) is 21.5. The Kier molecular flexibility index (Phi) is 8.18. The summed E-state index contributed by atoms with van der Waals surface area (Å²) in [6, 6.07) is 6.34. The highest BCUT2D eigenvalue weighted by molar-refractivity contribution is 6.31. The number of benzene rings is 1. The molecule has 0 spiro atoms. The quantitative estimate of drug-likeness (QED) is 0.503. The summed E-state index contributed by atoms with van der Waals surface area (Å²) in [4.78, 5) is 17.8. The van der Waals surface area contributed by atoms with Crippen LogP contribution >= 0.6 is 11.6 Å². The molecule has 2 aliphatic heterocycles. The van der Waals surface area contributed by atoms with Gasteiger partial charge in [-0.05, 0) is 62.9 Å². The molecular formula is C28H39ClN4O3. The van der Waals surface area contributed by atoms with Gasteiger partial charge >= 0.3 is 0 Å². The summed E-state index contributed by atoms with van der Waals surface area (Å²) >= 11 is 6.22. The largest absolute Gasteiger partial charge is 0.493 e. The molecule has 8 heteroatoms. The number of likely N-dealkylation sites (tertiary alicyclic amines) is 1. The van der Waals surface area contributed by atoms with E-state index in [2.05, 4.69) is 20.9 Å². The van der Waals surface area contributed by atoms with Crippen LogP contribution in [0.1, 0.15) is 62.1 Å². The van der Waals surface area contributed by atoms with Crippen LogP contribution in [0.25, 0.3) is 0 Å². The third-order valence-electron chi connectivity index (χ3n) is 8.06. The predicted molar refractivity (Wildman–Crippen MR) is 140 cm³/mol. The topological polar surface area (TPSA) is 59.8 Å². The first-order chi connectivity index (χ1) is 17.5. The van der Waals surface area contributed by atoms with Gasteiger partial charge in [-0.15, -0.1) is 0 Å². The number of piperidine rings is 1. The van der Waals surface area contributed by atoms with Crippen molar-refractivity contribution in [1.82, 2.24) is 19.6 Å². The molecule has 1 aromatic heterocycles. The van der Waals surface area contributed by atoms with E-state index in [0.717, 1.165) is 48.8 Å². The molecule has 1 amide bonds. The number of nitrogens with zero attached hydrogens (tertiary/aromatic N) is 4. The van der Waals surface area contributed by atoms with Gasteiger partial charge in [-0.2, -0.15) is 5.10 Å². The Labute approximate surface area is 219 Å². The lowest BCUT2D eigenvalue weighted by Crippen LogP contribution is -2.50. The second-order valence-electron chi connectivity index (χ2n) is 11.0. The van der Waals surface area contributed by atoms with E-state index < -0.39 is 0 Å². The van der Waals surface area contributed by atoms with Crippen LogP contribution in [0.15, 0.2) is 30.6 Å². The monoisotopic (exact) mass is 514 g/mol. The Morgan fingerprint density at radius 1 is 1.19 bits per heavy atom. The summed E-state index contributed by atoms with van der Waals surface area (Å²) in [6.45, 7) is 7.83. The molecule has 196 valence electrons. The molecule has 3 aliphatic rings. The van der Waals surface area contributed by atoms with Gasteiger partial charge in [0.15, 0.2) is 0 Å². The van der Waals surface area contributed by atoms with Crippen molar-refractivity contribution in [1.29, 1.82) is 0 Å². The number of aryl methyl sites for hydroxylation is 1. The number of carbonyl (C=O) groups is 1. The number of rotatable bonds is 8. The highest BCUT2D eigenvalue weighted by atomic mass is 35.5. The number of hydrogen-bond acceptors (Lipinski definition) is 5. The molecule has 0 bridgehead atoms. The van der Waals surface area contributed by atoms with Crippen molar-refractivity contribution in [3.8, 4) is 5.75 Å². The van der Waals surface area contributed by atoms with E-state index in [1.165, 1.54) is 31.2 Å². The van der Waals surface area contributed by atoms with Crippen LogP contribution in [0, 0.1) is 12.3 Å². The van der Waals surface area contributed by atoms with E-state index in [9.17, 15) is 4.79 Å². The van der Waals surface area contributed by atoms with Crippen molar-refractivity contribution in [2.24, 2.45) is 5.41 Å². The van der Waals surface area contributed by atoms with E-state index in [4.69, 9.17) is 21.1 Å². The SMILES string of the molecule is Cc1cc(OC[C@]2(CC(=O)N3CCOCC3)CCCN(Cc3cnn(C4CCCC4)c3)C2)ccc1Cl. The Morgan fingerprint density at radius 3 is 2.78 bits per heavy atom. The lowest BCUT2D eigenvalue weighted by atomic mass is 9.77. The highest BCUT2D eigenvalue weighted by Crippen LogP contribution is 2.36. The second kappa shape index (κ2) is 11.5. The third kappa shape index (κ3) is 6.24. The van der Waals surface area contributed by atoms with Crippen LogP contribution in [0.3, 0.4) is 0 Å². The van der Waals surface area contributed by atoms with Crippen LogP contribution in [-0.4, -0.2) is 71.5 Å². The summed E-state index contributed by atoms with van der Waals surface area (Å²) in [7, 11) is 0. The van der Waals surface area contributed by atoms with Crippen molar-refractivity contribution in [3.63, 3.8) is 0 Å². The van der Waals surface area contributed by atoms with Gasteiger partial charge in [-0.25, -0.2) is 0 Å². The standard InChI is InChI=1S/C28H39ClN4O3/c1-22-15-25(7-8-26(22)29)36-21-28(16-27(34)32-11-13-35-14-12-32)9-4-10-31(20-28)18-23-17-30-33(19-23)24-5-2-3-6-24/h7-8,15,17,19,24H,2-6,9-14,16,18,20-21H2,1H3/t28-/m0/s1. The van der Waals surface area contributed by atoms with E-state index >= 15 is 0 Å². The first-order valence-corrected chi connectivity index (χ1v) is 13.9. The summed E-state index contributed by atoms with van der Waals surface area (Å²) in [5.74, 6) is 1.02. The van der Waals surface area contributed by atoms with E-state index in [0.29, 0.717) is 45.4 Å². The summed E-state index contributed by atoms with van der Waals surface area (Å²) < 4.78 is 14.0. The molecule has 36 heavy (non-hydrogen) atoms. The molecule has 7 nitrogen and oxygen atoms in total. The van der Waals surface area contributed by atoms with Gasteiger partial charge in [0.2, 0.25) is 5.91 Å². The van der Waals surface area contributed by atoms with Gasteiger partial charge in [-0.1, -0.05) is 24.4 Å². The fourth-order valence-electron chi connectivity index (χ4n) is 6.03. The lowest BCUT2D eigenvalue weighted by molar-refractivity contribution is -0.139. The molecule has 0 unspecified atom stereocenters. The second-order valence-corrected chi connectivity index (χ2v) is 11.4. The molecule has 2 aromatic rings. The first-order valence-electron chi connectivity index (χ1n) is 13.5. The number of halogens is 1. The molecule has 5 rings (SSSR count). The molecule has 1 saturated carbocycles. The average Bonchev–Trinajstić information content (AvgIpc) is 3.58. The van der Waals surface area contributed by atoms with Crippen LogP contribution < -0.4 is 4.74 Å². The maximum Gasteiger partial charge on any atom is 0.223 e. The molecule has 1 aliphatic carbocycles. The summed E-state index contributed by atoms with van der Waals surface area (Å²) in [6.07, 6.45) is 11.9. The minimum atomic E-state index is -0.234. The Hall–Kier alpha value is -2.09. The number of morpholine rings is 1. The molecule has 1 atom stereocenters. The highest BCUT2D eigenvalue weighted by Gasteiger charge is 2.40. The molecule has 1 aromatic carbocycles. The maximum atomic E-state index is 13.4. The smallest absolute Gasteiger partial charge is 0.223 e. The number of amides is 1. The van der Waals surface area contributed by atoms with Crippen LogP contribution in [0.2, 0.25) is 5.02 Å². The Bertz CT molecular complexity index is 1030. The van der Waals surface area contributed by atoms with Gasteiger partial charge in [-0.3, -0.25) is 14.4 Å². The fraction of sp³-hybridized carbons (Fsp3) is 0.643. The molecule has 0 N–H and O–H groups in total. The van der Waals surface area contributed by atoms with E-state index in [1.807, 2.05) is 36.2 Å². The van der Waals surface area contributed by atoms with Gasteiger partial charge in [0.25, 0.3) is 0 Å². The van der Waals surface area contributed by atoms with Crippen molar-refractivity contribution in [3.05, 3.63) is 46.7 Å². The fourth-order valence-corrected chi connectivity index (χ4v) is 6.15. The predicted octanol–water partition coefficient (Wildman–Crippen LogP) is 4.87. The minimum absolute atomic E-state index is 0.213. The van der Waals surface area contributed by atoms with Crippen LogP contribution in [-0.2, 0) is 16.1 Å². The van der Waals surface area contributed by atoms with Crippen molar-refractivity contribution < 1.29 is 14.3 Å². The van der Waals surface area contributed by atoms with Crippen LogP contribution in [0.5, 0.6) is 5.75 Å². The molecule has 2 saturated heterocycles. The maximum absolute atomic E-state index is 13.4. The van der Waals surface area contributed by atoms with Gasteiger partial charge in [0, 0.05) is 54.8 Å². The average molecular weight is 515 g/mol. The zero-order chi connectivity index (χ0) is 25.0. The molecule has 3 heterocycles. The Balaban J connectivity index is 1.29. The molecule has 0 radical (unpaired) electrons. The van der Waals surface area contributed by atoms with Crippen LogP contribution in [0.4, 0.5) is 0 Å². The number of aromatic nitrogens is 2. The normalized spacial score (nSPS) is 23.8. The number of hydrogen-bond donors (Lipinski definition) is 0. The summed E-state index contributed by atoms with van der Waals surface area (Å²) in [5.41, 5.74) is 2.02.